The van der Waals surface area contributed by atoms with Crippen LogP contribution in [0.5, 0.6) is 0 Å². The van der Waals surface area contributed by atoms with E-state index in [0.717, 1.165) is 0 Å². The number of benzene rings is 1. The average Bonchev–Trinajstić information content (AvgIpc) is 3.02. The summed E-state index contributed by atoms with van der Waals surface area (Å²) in [4.78, 5) is 2.62. The van der Waals surface area contributed by atoms with Gasteiger partial charge < -0.3 is 0 Å². The van der Waals surface area contributed by atoms with Gasteiger partial charge in [-0.25, -0.2) is 0 Å². The van der Waals surface area contributed by atoms with Crippen LogP contribution in [0, 0.1) is 0 Å². The van der Waals surface area contributed by atoms with Crippen LogP contribution in [0.3, 0.4) is 0 Å². The van der Waals surface area contributed by atoms with E-state index in [-0.39, 0.29) is 5.54 Å². The number of likely N-dealkylation sites (tertiary alicyclic amines) is 1. The van der Waals surface area contributed by atoms with Crippen molar-refractivity contribution < 1.29 is 14.8 Å². The third-order valence-electron chi connectivity index (χ3n) is 5.25. The molecule has 2 nitrogen and oxygen atoms in total. The zero-order chi connectivity index (χ0) is 16.9. The van der Waals surface area contributed by atoms with Crippen LogP contribution in [0.1, 0.15) is 49.0 Å². The fraction of sp³-hybridized carbons (Fsp3) is 0.579. The average molecular weight is 365 g/mol. The van der Waals surface area contributed by atoms with Crippen molar-refractivity contribution in [2.75, 3.05) is 13.1 Å². The van der Waals surface area contributed by atoms with Gasteiger partial charge in [0.25, 0.3) is 0 Å². The van der Waals surface area contributed by atoms with Crippen LogP contribution < -0.4 is 3.80 Å². The summed E-state index contributed by atoms with van der Waals surface area (Å²) in [7, 11) is 1.27. The number of hydrogen-bond donors (Lipinski definition) is 1. The number of hydrogen-bond acceptors (Lipinski definition) is 2. The second-order valence-corrected chi connectivity index (χ2v) is 34.2. The Morgan fingerprint density at radius 2 is 1.74 bits per heavy atom. The van der Waals surface area contributed by atoms with E-state index in [1.54, 1.807) is 5.56 Å². The van der Waals surface area contributed by atoms with Crippen molar-refractivity contribution in [1.29, 1.82) is 0 Å². The quantitative estimate of drug-likeness (QED) is 0.824. The minimum atomic E-state index is -2.73. The molecule has 0 spiro atoms. The van der Waals surface area contributed by atoms with Crippen LogP contribution >= 0.6 is 0 Å². The summed E-state index contributed by atoms with van der Waals surface area (Å²) in [6.07, 6.45) is 5.33. The molecule has 1 fully saturated rings. The van der Waals surface area contributed by atoms with E-state index < -0.39 is 14.8 Å². The molecule has 1 aromatic carbocycles. The van der Waals surface area contributed by atoms with Crippen molar-refractivity contribution in [3.05, 3.63) is 41.5 Å². The van der Waals surface area contributed by atoms with Crippen molar-refractivity contribution >= 4 is 13.8 Å². The molecule has 1 unspecified atom stereocenters. The van der Waals surface area contributed by atoms with Crippen LogP contribution in [0.4, 0.5) is 0 Å². The van der Waals surface area contributed by atoms with Crippen LogP contribution in [0.15, 0.2) is 30.3 Å². The summed E-state index contributed by atoms with van der Waals surface area (Å²) >= 11 is -2.73. The third kappa shape index (κ3) is 3.53. The van der Waals surface area contributed by atoms with Gasteiger partial charge in [0.15, 0.2) is 0 Å². The van der Waals surface area contributed by atoms with Crippen molar-refractivity contribution in [1.82, 2.24) is 8.70 Å². The molecule has 1 heterocycles. The molecule has 1 N–H and O–H groups in total. The molecule has 4 heteroatoms. The molecule has 2 aliphatic rings. The Bertz CT molecular complexity index is 631. The Balaban J connectivity index is 2.05. The molecule has 1 aliphatic heterocycles. The van der Waals surface area contributed by atoms with Gasteiger partial charge in [-0.3, -0.25) is 0 Å². The number of rotatable bonds is 3. The molecule has 1 atom stereocenters. The molecule has 0 radical (unpaired) electrons. The van der Waals surface area contributed by atoms with Gasteiger partial charge in [-0.05, 0) is 0 Å². The topological polar surface area (TPSA) is 15.3 Å². The number of allylic oxidation sites excluding steroid dienone is 1. The SMILES string of the molecule is CC(C)(C)[NH][Ti]([CH3])([CH3])([SiH3])[CH]1C=C(N2CCCC2)c2ccccc21. The van der Waals surface area contributed by atoms with Gasteiger partial charge in [0, 0.05) is 0 Å². The summed E-state index contributed by atoms with van der Waals surface area (Å²) < 4.78 is 4.79. The maximum absolute atomic E-state index is 4.16. The molecule has 1 aromatic rings. The van der Waals surface area contributed by atoms with Crippen LogP contribution in [-0.2, 0) is 14.8 Å². The zero-order valence-electron chi connectivity index (χ0n) is 15.7. The van der Waals surface area contributed by atoms with Gasteiger partial charge in [-0.15, -0.1) is 0 Å². The number of nitrogens with zero attached hydrogens (tertiary/aromatic N) is 1. The van der Waals surface area contributed by atoms with Gasteiger partial charge in [0.05, 0.1) is 0 Å². The van der Waals surface area contributed by atoms with Gasteiger partial charge in [0.1, 0.15) is 0 Å². The van der Waals surface area contributed by atoms with E-state index in [0.29, 0.717) is 4.22 Å². The molecular formula is C19H33N2SiTi. The Morgan fingerprint density at radius 3 is 2.35 bits per heavy atom. The third-order valence-corrected chi connectivity index (χ3v) is 15.6. The monoisotopic (exact) mass is 365 g/mol. The van der Waals surface area contributed by atoms with E-state index in [9.17, 15) is 0 Å². The first-order chi connectivity index (χ1) is 10.6. The number of nitrogens with one attached hydrogen (secondary N) is 1. The summed E-state index contributed by atoms with van der Waals surface area (Å²) in [5, 5.41) is 5.22. The molecular weight excluding hydrogens is 332 g/mol. The predicted octanol–water partition coefficient (Wildman–Crippen LogP) is 3.55. The molecule has 0 bridgehead atoms. The van der Waals surface area contributed by atoms with Crippen molar-refractivity contribution in [3.63, 3.8) is 0 Å². The second kappa shape index (κ2) is 5.59. The molecule has 0 saturated carbocycles. The Labute approximate surface area is 145 Å². The summed E-state index contributed by atoms with van der Waals surface area (Å²) in [5.74, 6) is 0. The molecule has 127 valence electrons. The van der Waals surface area contributed by atoms with Crippen molar-refractivity contribution in [2.45, 2.75) is 53.8 Å². The standard InChI is InChI=1S/C13H14N.C4H10N.2CH3.H3Si.Ti/c1-2-6-12-11(5-1)7-8-13(12)14-9-3-4-10-14;1-4(2,3)5;;;;/h1-2,5-8H,3-4,9-10H2;5H,1-3H3;3*1H3;/q;-1;;;;+1. The minimum absolute atomic E-state index is 0.196. The molecule has 1 aliphatic carbocycles. The molecule has 3 rings (SSSR count). The predicted molar refractivity (Wildman–Crippen MR) is 103 cm³/mol. The second-order valence-electron chi connectivity index (χ2n) is 9.95. The Morgan fingerprint density at radius 1 is 1.13 bits per heavy atom. The number of fused-ring (bicyclic) bond motifs is 1. The van der Waals surface area contributed by atoms with Crippen LogP contribution in [0.2, 0.25) is 10.5 Å². The zero-order valence-corrected chi connectivity index (χ0v) is 19.3. The first kappa shape index (κ1) is 17.5. The molecule has 1 saturated heterocycles. The van der Waals surface area contributed by atoms with Crippen LogP contribution in [0.25, 0.3) is 5.70 Å². The normalized spacial score (nSPS) is 23.5. The first-order valence-corrected chi connectivity index (χ1v) is 19.6. The van der Waals surface area contributed by atoms with E-state index in [2.05, 4.69) is 70.3 Å². The Hall–Kier alpha value is -0.349. The molecule has 0 amide bonds. The first-order valence-electron chi connectivity index (χ1n) is 9.13. The van der Waals surface area contributed by atoms with E-state index in [1.165, 1.54) is 45.3 Å². The fourth-order valence-electron chi connectivity index (χ4n) is 4.83. The maximum atomic E-state index is 4.16. The molecule has 23 heavy (non-hydrogen) atoms. The van der Waals surface area contributed by atoms with E-state index >= 15 is 0 Å². The van der Waals surface area contributed by atoms with Crippen molar-refractivity contribution in [2.24, 2.45) is 0 Å². The van der Waals surface area contributed by atoms with E-state index in [1.807, 2.05) is 0 Å². The molecule has 0 aromatic heterocycles. The summed E-state index contributed by atoms with van der Waals surface area (Å²) in [6, 6.07) is 9.17. The van der Waals surface area contributed by atoms with Gasteiger partial charge >= 0.3 is 146 Å². The van der Waals surface area contributed by atoms with Gasteiger partial charge in [0.2, 0.25) is 0 Å². The van der Waals surface area contributed by atoms with Crippen LogP contribution in [-0.4, -0.2) is 31.6 Å². The van der Waals surface area contributed by atoms with Gasteiger partial charge in [-0.1, -0.05) is 0 Å². The fourth-order valence-corrected chi connectivity index (χ4v) is 17.6. The summed E-state index contributed by atoms with van der Waals surface area (Å²) in [6.45, 7) is 9.44. The Kier molecular flexibility index (Phi) is 4.24. The van der Waals surface area contributed by atoms with Gasteiger partial charge in [-0.2, -0.15) is 0 Å². The van der Waals surface area contributed by atoms with E-state index in [4.69, 9.17) is 0 Å². The van der Waals surface area contributed by atoms with Crippen molar-refractivity contribution in [3.8, 4) is 0 Å². The summed E-state index contributed by atoms with van der Waals surface area (Å²) in [5.41, 5.74) is 4.81.